The molecule has 0 aliphatic rings. The molecule has 1 atom stereocenters. The lowest BCUT2D eigenvalue weighted by molar-refractivity contribution is 0.462. The first-order valence-corrected chi connectivity index (χ1v) is 6.36. The molecule has 19 heavy (non-hydrogen) atoms. The fraction of sp³-hybridized carbons (Fsp3) is 0.200. The Morgan fingerprint density at radius 1 is 1.21 bits per heavy atom. The molecule has 0 heterocycles. The Hall–Kier alpha value is -1.74. The summed E-state index contributed by atoms with van der Waals surface area (Å²) in [6, 6.07) is 9.27. The summed E-state index contributed by atoms with van der Waals surface area (Å²) >= 11 is 6.10. The number of benzene rings is 2. The predicted octanol–water partition coefficient (Wildman–Crippen LogP) is 4.67. The van der Waals surface area contributed by atoms with Crippen molar-refractivity contribution in [2.45, 2.75) is 19.9 Å². The number of phenolic OH excluding ortho intramolecular Hbond substituents is 1. The summed E-state index contributed by atoms with van der Waals surface area (Å²) in [5.74, 6) is -0.318. The maximum absolute atomic E-state index is 13.2. The number of nitrogens with one attached hydrogen (secondary N) is 1. The van der Waals surface area contributed by atoms with Gasteiger partial charge in [0, 0.05) is 5.56 Å². The Balaban J connectivity index is 2.27. The van der Waals surface area contributed by atoms with Gasteiger partial charge in [-0.2, -0.15) is 0 Å². The van der Waals surface area contributed by atoms with Gasteiger partial charge >= 0.3 is 0 Å². The molecule has 0 bridgehead atoms. The molecule has 2 aromatic rings. The summed E-state index contributed by atoms with van der Waals surface area (Å²) in [5.41, 5.74) is 2.33. The molecule has 0 saturated carbocycles. The van der Waals surface area contributed by atoms with E-state index in [1.807, 2.05) is 26.0 Å². The van der Waals surface area contributed by atoms with Crippen molar-refractivity contribution in [1.29, 1.82) is 0 Å². The molecule has 1 unspecified atom stereocenters. The van der Waals surface area contributed by atoms with Gasteiger partial charge in [0.2, 0.25) is 0 Å². The molecule has 2 rings (SSSR count). The normalized spacial score (nSPS) is 12.2. The van der Waals surface area contributed by atoms with Crippen LogP contribution in [-0.2, 0) is 0 Å². The monoisotopic (exact) mass is 279 g/mol. The first-order valence-electron chi connectivity index (χ1n) is 5.98. The third-order valence-electron chi connectivity index (χ3n) is 2.95. The van der Waals surface area contributed by atoms with Crippen LogP contribution in [0.25, 0.3) is 0 Å². The number of hydrogen-bond acceptors (Lipinski definition) is 2. The van der Waals surface area contributed by atoms with Crippen LogP contribution in [0.3, 0.4) is 0 Å². The molecule has 100 valence electrons. The molecule has 4 heteroatoms. The highest BCUT2D eigenvalue weighted by molar-refractivity contribution is 6.33. The van der Waals surface area contributed by atoms with Crippen LogP contribution < -0.4 is 5.32 Å². The third-order valence-corrected chi connectivity index (χ3v) is 3.28. The van der Waals surface area contributed by atoms with Crippen molar-refractivity contribution in [2.75, 3.05) is 5.32 Å². The van der Waals surface area contributed by atoms with E-state index in [1.165, 1.54) is 18.2 Å². The van der Waals surface area contributed by atoms with E-state index in [2.05, 4.69) is 5.32 Å². The fourth-order valence-corrected chi connectivity index (χ4v) is 2.11. The molecule has 0 amide bonds. The van der Waals surface area contributed by atoms with Gasteiger partial charge in [-0.3, -0.25) is 0 Å². The van der Waals surface area contributed by atoms with Crippen molar-refractivity contribution >= 4 is 17.3 Å². The van der Waals surface area contributed by atoms with Crippen LogP contribution in [0.4, 0.5) is 10.1 Å². The van der Waals surface area contributed by atoms with E-state index >= 15 is 0 Å². The molecule has 0 spiro atoms. The van der Waals surface area contributed by atoms with Crippen LogP contribution in [0.15, 0.2) is 36.4 Å². The first kappa shape index (κ1) is 13.7. The molecule has 2 N–H and O–H groups in total. The Labute approximate surface area is 116 Å². The van der Waals surface area contributed by atoms with Gasteiger partial charge in [0.15, 0.2) is 0 Å². The van der Waals surface area contributed by atoms with Gasteiger partial charge in [-0.15, -0.1) is 0 Å². The summed E-state index contributed by atoms with van der Waals surface area (Å²) in [6.45, 7) is 3.80. The SMILES string of the molecule is Cc1ccc(Cl)c(NC(C)c2cc(F)ccc2O)c1. The molecule has 2 aromatic carbocycles. The van der Waals surface area contributed by atoms with E-state index in [4.69, 9.17) is 11.6 Å². The zero-order chi connectivity index (χ0) is 14.0. The van der Waals surface area contributed by atoms with Crippen molar-refractivity contribution in [2.24, 2.45) is 0 Å². The second kappa shape index (κ2) is 5.49. The highest BCUT2D eigenvalue weighted by atomic mass is 35.5. The lowest BCUT2D eigenvalue weighted by Crippen LogP contribution is -2.07. The van der Waals surface area contributed by atoms with Gasteiger partial charge in [-0.1, -0.05) is 17.7 Å². The summed E-state index contributed by atoms with van der Waals surface area (Å²) in [4.78, 5) is 0. The molecule has 0 saturated heterocycles. The number of rotatable bonds is 3. The number of phenols is 1. The molecule has 0 aromatic heterocycles. The Morgan fingerprint density at radius 3 is 2.68 bits per heavy atom. The molecule has 2 nitrogen and oxygen atoms in total. The zero-order valence-electron chi connectivity index (χ0n) is 10.7. The minimum Gasteiger partial charge on any atom is -0.508 e. The van der Waals surface area contributed by atoms with E-state index in [9.17, 15) is 9.50 Å². The fourth-order valence-electron chi connectivity index (χ4n) is 1.93. The number of aromatic hydroxyl groups is 1. The summed E-state index contributed by atoms with van der Waals surface area (Å²) in [7, 11) is 0. The minimum absolute atomic E-state index is 0.0603. The largest absolute Gasteiger partial charge is 0.508 e. The van der Waals surface area contributed by atoms with Crippen LogP contribution in [-0.4, -0.2) is 5.11 Å². The smallest absolute Gasteiger partial charge is 0.123 e. The van der Waals surface area contributed by atoms with E-state index in [0.29, 0.717) is 10.6 Å². The Kier molecular flexibility index (Phi) is 3.96. The van der Waals surface area contributed by atoms with Gasteiger partial charge in [0.25, 0.3) is 0 Å². The molecule has 0 aliphatic carbocycles. The molecular weight excluding hydrogens is 265 g/mol. The predicted molar refractivity (Wildman–Crippen MR) is 76.3 cm³/mol. The van der Waals surface area contributed by atoms with Crippen LogP contribution in [0.2, 0.25) is 5.02 Å². The maximum atomic E-state index is 13.2. The molecule has 0 radical (unpaired) electrons. The van der Waals surface area contributed by atoms with Crippen molar-refractivity contribution in [3.8, 4) is 5.75 Å². The lowest BCUT2D eigenvalue weighted by Gasteiger charge is -2.18. The van der Waals surface area contributed by atoms with E-state index < -0.39 is 0 Å². The third kappa shape index (κ3) is 3.18. The zero-order valence-corrected chi connectivity index (χ0v) is 11.5. The van der Waals surface area contributed by atoms with Crippen molar-refractivity contribution < 1.29 is 9.50 Å². The van der Waals surface area contributed by atoms with E-state index in [-0.39, 0.29) is 17.6 Å². The first-order chi connectivity index (χ1) is 8.97. The van der Waals surface area contributed by atoms with Crippen molar-refractivity contribution in [3.63, 3.8) is 0 Å². The number of aryl methyl sites for hydroxylation is 1. The van der Waals surface area contributed by atoms with Crippen LogP contribution in [0, 0.1) is 12.7 Å². The van der Waals surface area contributed by atoms with Gasteiger partial charge in [-0.25, -0.2) is 4.39 Å². The summed E-state index contributed by atoms with van der Waals surface area (Å²) < 4.78 is 13.2. The summed E-state index contributed by atoms with van der Waals surface area (Å²) in [5, 5.41) is 13.5. The second-order valence-electron chi connectivity index (χ2n) is 4.55. The molecule has 0 fully saturated rings. The number of hydrogen-bond donors (Lipinski definition) is 2. The number of halogens is 2. The standard InChI is InChI=1S/C15H15ClFNO/c1-9-3-5-13(16)14(7-9)18-10(2)12-8-11(17)4-6-15(12)19/h3-8,10,18-19H,1-2H3. The molecular formula is C15H15ClFNO. The topological polar surface area (TPSA) is 32.3 Å². The highest BCUT2D eigenvalue weighted by Crippen LogP contribution is 2.30. The van der Waals surface area contributed by atoms with Crippen molar-refractivity contribution in [1.82, 2.24) is 0 Å². The quantitative estimate of drug-likeness (QED) is 0.856. The van der Waals surface area contributed by atoms with Gasteiger partial charge in [0.1, 0.15) is 11.6 Å². The van der Waals surface area contributed by atoms with Crippen LogP contribution in [0.5, 0.6) is 5.75 Å². The van der Waals surface area contributed by atoms with Crippen LogP contribution >= 0.6 is 11.6 Å². The highest BCUT2D eigenvalue weighted by Gasteiger charge is 2.12. The van der Waals surface area contributed by atoms with E-state index in [0.717, 1.165) is 11.3 Å². The van der Waals surface area contributed by atoms with Gasteiger partial charge in [-0.05, 0) is 49.7 Å². The van der Waals surface area contributed by atoms with Gasteiger partial charge in [0.05, 0.1) is 16.8 Å². The number of anilines is 1. The second-order valence-corrected chi connectivity index (χ2v) is 4.96. The Morgan fingerprint density at radius 2 is 1.95 bits per heavy atom. The average molecular weight is 280 g/mol. The Bertz CT molecular complexity index is 601. The average Bonchev–Trinajstić information content (AvgIpc) is 2.36. The maximum Gasteiger partial charge on any atom is 0.123 e. The van der Waals surface area contributed by atoms with Gasteiger partial charge < -0.3 is 10.4 Å². The summed E-state index contributed by atoms with van der Waals surface area (Å²) in [6.07, 6.45) is 0. The minimum atomic E-state index is -0.378. The lowest BCUT2D eigenvalue weighted by atomic mass is 10.1. The van der Waals surface area contributed by atoms with E-state index in [1.54, 1.807) is 6.07 Å². The molecule has 0 aliphatic heterocycles. The van der Waals surface area contributed by atoms with Crippen LogP contribution in [0.1, 0.15) is 24.1 Å². The van der Waals surface area contributed by atoms with Crippen molar-refractivity contribution in [3.05, 3.63) is 58.4 Å².